The first-order chi connectivity index (χ1) is 7.27. The van der Waals surface area contributed by atoms with Gasteiger partial charge in [0.05, 0.1) is 11.4 Å². The van der Waals surface area contributed by atoms with Gasteiger partial charge in [0.2, 0.25) is 5.91 Å². The maximum atomic E-state index is 11.0. The lowest BCUT2D eigenvalue weighted by Crippen LogP contribution is -2.08. The number of amides is 1. The van der Waals surface area contributed by atoms with Gasteiger partial charge in [-0.05, 0) is 24.3 Å². The fourth-order valence-electron chi connectivity index (χ4n) is 1.49. The summed E-state index contributed by atoms with van der Waals surface area (Å²) in [5, 5.41) is 2.80. The minimum Gasteiger partial charge on any atom is -0.325 e. The largest absolute Gasteiger partial charge is 0.325 e. The summed E-state index contributed by atoms with van der Waals surface area (Å²) < 4.78 is 1.96. The van der Waals surface area contributed by atoms with Gasteiger partial charge in [-0.2, -0.15) is 0 Å². The summed E-state index contributed by atoms with van der Waals surface area (Å²) in [7, 11) is 0. The van der Waals surface area contributed by atoms with Gasteiger partial charge in [0.1, 0.15) is 0 Å². The van der Waals surface area contributed by atoms with Crippen LogP contribution < -0.4 is 5.32 Å². The number of anilines is 1. The van der Waals surface area contributed by atoms with Gasteiger partial charge in [0.15, 0.2) is 0 Å². The van der Waals surface area contributed by atoms with Crippen LogP contribution in [0.2, 0.25) is 0 Å². The zero-order valence-electron chi connectivity index (χ0n) is 8.47. The number of nitrogens with one attached hydrogen (secondary N) is 1. The van der Waals surface area contributed by atoms with Crippen LogP contribution in [0.25, 0.3) is 5.69 Å². The molecule has 1 heterocycles. The van der Waals surface area contributed by atoms with Gasteiger partial charge in [-0.1, -0.05) is 12.1 Å². The quantitative estimate of drug-likeness (QED) is 0.793. The van der Waals surface area contributed by atoms with Gasteiger partial charge >= 0.3 is 0 Å². The molecule has 1 N–H and O–H groups in total. The maximum Gasteiger partial charge on any atom is 0.221 e. The molecule has 0 spiro atoms. The highest BCUT2D eigenvalue weighted by Crippen LogP contribution is 2.19. The van der Waals surface area contributed by atoms with Crippen molar-refractivity contribution in [1.82, 2.24) is 4.57 Å². The number of hydrogen-bond acceptors (Lipinski definition) is 1. The normalized spacial score (nSPS) is 9.93. The number of nitrogens with zero attached hydrogens (tertiary/aromatic N) is 1. The molecular weight excluding hydrogens is 188 g/mol. The van der Waals surface area contributed by atoms with Gasteiger partial charge < -0.3 is 9.88 Å². The molecule has 15 heavy (non-hydrogen) atoms. The lowest BCUT2D eigenvalue weighted by atomic mass is 10.2. The predicted molar refractivity (Wildman–Crippen MR) is 60.1 cm³/mol. The van der Waals surface area contributed by atoms with Gasteiger partial charge in [-0.15, -0.1) is 0 Å². The molecule has 0 saturated carbocycles. The van der Waals surface area contributed by atoms with Crippen LogP contribution in [0.3, 0.4) is 0 Å². The number of benzene rings is 1. The smallest absolute Gasteiger partial charge is 0.221 e. The molecule has 3 heteroatoms. The average Bonchev–Trinajstić information content (AvgIpc) is 2.70. The Morgan fingerprint density at radius 3 is 2.47 bits per heavy atom. The van der Waals surface area contributed by atoms with E-state index in [-0.39, 0.29) is 5.91 Å². The van der Waals surface area contributed by atoms with Gasteiger partial charge in [0, 0.05) is 19.3 Å². The number of aromatic nitrogens is 1. The van der Waals surface area contributed by atoms with Crippen molar-refractivity contribution in [2.45, 2.75) is 6.92 Å². The average molecular weight is 200 g/mol. The Labute approximate surface area is 88.3 Å². The molecule has 0 aliphatic heterocycles. The van der Waals surface area contributed by atoms with Crippen molar-refractivity contribution in [3.63, 3.8) is 0 Å². The molecule has 0 bridgehead atoms. The van der Waals surface area contributed by atoms with Crippen LogP contribution in [0.15, 0.2) is 48.8 Å². The third kappa shape index (κ3) is 2.07. The van der Waals surface area contributed by atoms with E-state index in [1.165, 1.54) is 6.92 Å². The summed E-state index contributed by atoms with van der Waals surface area (Å²) >= 11 is 0. The molecule has 1 aromatic carbocycles. The highest BCUT2D eigenvalue weighted by molar-refractivity contribution is 5.91. The van der Waals surface area contributed by atoms with E-state index in [2.05, 4.69) is 5.32 Å². The first-order valence-electron chi connectivity index (χ1n) is 4.77. The highest BCUT2D eigenvalue weighted by atomic mass is 16.1. The summed E-state index contributed by atoms with van der Waals surface area (Å²) in [5.41, 5.74) is 1.79. The fourth-order valence-corrected chi connectivity index (χ4v) is 1.49. The number of carbonyl (C=O) groups excluding carboxylic acids is 1. The van der Waals surface area contributed by atoms with E-state index in [9.17, 15) is 4.79 Å². The summed E-state index contributed by atoms with van der Waals surface area (Å²) in [6.07, 6.45) is 3.89. The minimum absolute atomic E-state index is 0.0605. The molecule has 2 rings (SSSR count). The summed E-state index contributed by atoms with van der Waals surface area (Å²) in [6, 6.07) is 11.6. The van der Waals surface area contributed by atoms with E-state index in [1.807, 2.05) is 53.4 Å². The van der Waals surface area contributed by atoms with Crippen molar-refractivity contribution in [2.24, 2.45) is 0 Å². The molecule has 0 aliphatic rings. The van der Waals surface area contributed by atoms with E-state index < -0.39 is 0 Å². The molecule has 0 radical (unpaired) electrons. The molecular formula is C12H12N2O. The Morgan fingerprint density at radius 1 is 1.13 bits per heavy atom. The van der Waals surface area contributed by atoms with Gasteiger partial charge in [-0.3, -0.25) is 4.79 Å². The van der Waals surface area contributed by atoms with Crippen molar-refractivity contribution in [3.8, 4) is 5.69 Å². The van der Waals surface area contributed by atoms with Crippen molar-refractivity contribution in [1.29, 1.82) is 0 Å². The topological polar surface area (TPSA) is 34.0 Å². The van der Waals surface area contributed by atoms with Crippen LogP contribution in [0.1, 0.15) is 6.92 Å². The molecule has 1 aromatic heterocycles. The van der Waals surface area contributed by atoms with Crippen molar-refractivity contribution < 1.29 is 4.79 Å². The second-order valence-corrected chi connectivity index (χ2v) is 3.29. The molecule has 0 atom stereocenters. The first kappa shape index (κ1) is 9.52. The Balaban J connectivity index is 2.42. The third-order valence-corrected chi connectivity index (χ3v) is 2.10. The van der Waals surface area contributed by atoms with Crippen LogP contribution in [-0.4, -0.2) is 10.5 Å². The standard InChI is InChI=1S/C12H12N2O/c1-10(15)13-11-6-2-3-7-12(11)14-8-4-5-9-14/h2-9H,1H3,(H,13,15). The lowest BCUT2D eigenvalue weighted by Gasteiger charge is -2.10. The molecule has 3 nitrogen and oxygen atoms in total. The fraction of sp³-hybridized carbons (Fsp3) is 0.0833. The molecule has 0 aliphatic carbocycles. The predicted octanol–water partition coefficient (Wildman–Crippen LogP) is 2.44. The number of hydrogen-bond donors (Lipinski definition) is 1. The molecule has 76 valence electrons. The highest BCUT2D eigenvalue weighted by Gasteiger charge is 2.03. The van der Waals surface area contributed by atoms with Gasteiger partial charge in [-0.25, -0.2) is 0 Å². The first-order valence-corrected chi connectivity index (χ1v) is 4.77. The molecule has 0 unspecified atom stereocenters. The van der Waals surface area contributed by atoms with E-state index in [0.717, 1.165) is 11.4 Å². The minimum atomic E-state index is -0.0605. The summed E-state index contributed by atoms with van der Waals surface area (Å²) in [5.74, 6) is -0.0605. The van der Waals surface area contributed by atoms with Crippen LogP contribution in [0, 0.1) is 0 Å². The summed E-state index contributed by atoms with van der Waals surface area (Å²) in [4.78, 5) is 11.0. The molecule has 0 fully saturated rings. The monoisotopic (exact) mass is 200 g/mol. The van der Waals surface area contributed by atoms with Crippen LogP contribution in [0.5, 0.6) is 0 Å². The molecule has 2 aromatic rings. The van der Waals surface area contributed by atoms with Crippen LogP contribution >= 0.6 is 0 Å². The summed E-state index contributed by atoms with van der Waals surface area (Å²) in [6.45, 7) is 1.51. The maximum absolute atomic E-state index is 11.0. The van der Waals surface area contributed by atoms with Crippen molar-refractivity contribution in [2.75, 3.05) is 5.32 Å². The zero-order chi connectivity index (χ0) is 10.7. The van der Waals surface area contributed by atoms with Gasteiger partial charge in [0.25, 0.3) is 0 Å². The SMILES string of the molecule is CC(=O)Nc1ccccc1-n1cccc1. The lowest BCUT2D eigenvalue weighted by molar-refractivity contribution is -0.114. The van der Waals surface area contributed by atoms with E-state index in [0.29, 0.717) is 0 Å². The van der Waals surface area contributed by atoms with E-state index >= 15 is 0 Å². The Morgan fingerprint density at radius 2 is 1.80 bits per heavy atom. The van der Waals surface area contributed by atoms with E-state index in [1.54, 1.807) is 0 Å². The second kappa shape index (κ2) is 4.00. The van der Waals surface area contributed by atoms with Crippen molar-refractivity contribution in [3.05, 3.63) is 48.8 Å². The Hall–Kier alpha value is -2.03. The molecule has 0 saturated heterocycles. The number of carbonyl (C=O) groups is 1. The Bertz CT molecular complexity index is 460. The number of para-hydroxylation sites is 2. The van der Waals surface area contributed by atoms with E-state index in [4.69, 9.17) is 0 Å². The van der Waals surface area contributed by atoms with Crippen LogP contribution in [0.4, 0.5) is 5.69 Å². The van der Waals surface area contributed by atoms with Crippen LogP contribution in [-0.2, 0) is 4.79 Å². The third-order valence-electron chi connectivity index (χ3n) is 2.10. The molecule has 1 amide bonds. The second-order valence-electron chi connectivity index (χ2n) is 3.29. The zero-order valence-corrected chi connectivity index (χ0v) is 8.47. The Kier molecular flexibility index (Phi) is 2.54. The van der Waals surface area contributed by atoms with Crippen molar-refractivity contribution >= 4 is 11.6 Å². The number of rotatable bonds is 2.